The molecule has 3 rings (SSSR count). The lowest BCUT2D eigenvalue weighted by atomic mass is 10.1. The highest BCUT2D eigenvalue weighted by molar-refractivity contribution is 5.83. The Kier molecular flexibility index (Phi) is 4.04. The third kappa shape index (κ3) is 3.21. The van der Waals surface area contributed by atoms with Crippen LogP contribution in [0.5, 0.6) is 0 Å². The van der Waals surface area contributed by atoms with Crippen molar-refractivity contribution in [2.45, 2.75) is 18.9 Å². The van der Waals surface area contributed by atoms with E-state index in [-0.39, 0.29) is 11.9 Å². The third-order valence-electron chi connectivity index (χ3n) is 3.49. The smallest absolute Gasteiger partial charge is 0.141 e. The van der Waals surface area contributed by atoms with Crippen LogP contribution in [-0.2, 0) is 16.0 Å². The Bertz CT molecular complexity index is 606. The predicted molar refractivity (Wildman–Crippen MR) is 77.7 cm³/mol. The normalized spacial score (nSPS) is 19.1. The summed E-state index contributed by atoms with van der Waals surface area (Å²) in [6.07, 6.45) is 0.850. The van der Waals surface area contributed by atoms with Crippen LogP contribution < -0.4 is 5.32 Å². The summed E-state index contributed by atoms with van der Waals surface area (Å²) in [4.78, 5) is 16.6. The minimum absolute atomic E-state index is 0.0108. The van der Waals surface area contributed by atoms with Crippen LogP contribution in [0.4, 0.5) is 0 Å². The molecule has 1 N–H and O–H groups in total. The molecule has 1 aromatic carbocycles. The molecule has 4 heteroatoms. The average Bonchev–Trinajstić information content (AvgIpc) is 2.48. The molecule has 1 aliphatic rings. The highest BCUT2D eigenvalue weighted by Gasteiger charge is 2.17. The van der Waals surface area contributed by atoms with Crippen molar-refractivity contribution in [2.75, 3.05) is 19.7 Å². The maximum Gasteiger partial charge on any atom is 0.141 e. The van der Waals surface area contributed by atoms with Gasteiger partial charge in [-0.15, -0.1) is 0 Å². The van der Waals surface area contributed by atoms with Crippen molar-refractivity contribution in [1.29, 1.82) is 0 Å². The van der Waals surface area contributed by atoms with Crippen LogP contribution in [0, 0.1) is 0 Å². The molecule has 4 nitrogen and oxygen atoms in total. The fraction of sp³-hybridized carbons (Fsp3) is 0.375. The molecular weight excluding hydrogens is 252 g/mol. The van der Waals surface area contributed by atoms with Crippen molar-refractivity contribution >= 4 is 16.7 Å². The summed E-state index contributed by atoms with van der Waals surface area (Å²) < 4.78 is 5.55. The summed E-state index contributed by atoms with van der Waals surface area (Å²) in [5.41, 5.74) is 1.77. The number of nitrogens with one attached hydrogen (secondary N) is 1. The van der Waals surface area contributed by atoms with E-state index in [1.54, 1.807) is 0 Å². The minimum Gasteiger partial charge on any atom is -0.375 e. The standard InChI is InChI=1S/C16H18N2O2/c19-14(10-15-11-17-7-8-20-15)9-13-6-5-12-3-1-2-4-16(12)18-13/h1-6,15,17H,7-11H2. The number of hydrogen-bond donors (Lipinski definition) is 1. The maximum absolute atomic E-state index is 12.1. The number of carbonyl (C=O) groups is 1. The van der Waals surface area contributed by atoms with E-state index in [0.29, 0.717) is 19.4 Å². The molecule has 0 amide bonds. The zero-order valence-corrected chi connectivity index (χ0v) is 11.3. The molecule has 1 unspecified atom stereocenters. The summed E-state index contributed by atoms with van der Waals surface area (Å²) in [5.74, 6) is 0.182. The van der Waals surface area contributed by atoms with E-state index >= 15 is 0 Å². The lowest BCUT2D eigenvalue weighted by Gasteiger charge is -2.22. The van der Waals surface area contributed by atoms with Gasteiger partial charge in [0.1, 0.15) is 5.78 Å². The molecule has 0 radical (unpaired) electrons. The molecule has 0 spiro atoms. The van der Waals surface area contributed by atoms with Crippen LogP contribution in [0.3, 0.4) is 0 Å². The van der Waals surface area contributed by atoms with Crippen molar-refractivity contribution in [3.8, 4) is 0 Å². The molecule has 104 valence electrons. The molecule has 20 heavy (non-hydrogen) atoms. The van der Waals surface area contributed by atoms with Gasteiger partial charge in [0.2, 0.25) is 0 Å². The molecule has 0 saturated carbocycles. The predicted octanol–water partition coefficient (Wildman–Crippen LogP) is 1.72. The van der Waals surface area contributed by atoms with Crippen molar-refractivity contribution < 1.29 is 9.53 Å². The summed E-state index contributed by atoms with van der Waals surface area (Å²) in [5, 5.41) is 4.34. The quantitative estimate of drug-likeness (QED) is 0.919. The third-order valence-corrected chi connectivity index (χ3v) is 3.49. The molecule has 0 aliphatic carbocycles. The van der Waals surface area contributed by atoms with Gasteiger partial charge in [-0.1, -0.05) is 24.3 Å². The second-order valence-corrected chi connectivity index (χ2v) is 5.11. The Morgan fingerprint density at radius 1 is 1.30 bits per heavy atom. The van der Waals surface area contributed by atoms with Gasteiger partial charge in [0.05, 0.1) is 18.2 Å². The molecule has 2 aromatic rings. The summed E-state index contributed by atoms with van der Waals surface area (Å²) in [6.45, 7) is 2.32. The van der Waals surface area contributed by atoms with Gasteiger partial charge in [0.15, 0.2) is 0 Å². The van der Waals surface area contributed by atoms with Gasteiger partial charge in [0, 0.05) is 37.0 Å². The van der Waals surface area contributed by atoms with Crippen LogP contribution in [0.25, 0.3) is 10.9 Å². The zero-order valence-electron chi connectivity index (χ0n) is 11.3. The van der Waals surface area contributed by atoms with E-state index < -0.39 is 0 Å². The first-order valence-corrected chi connectivity index (χ1v) is 7.00. The number of nitrogens with zero attached hydrogens (tertiary/aromatic N) is 1. The van der Waals surface area contributed by atoms with E-state index in [0.717, 1.165) is 29.7 Å². The van der Waals surface area contributed by atoms with Gasteiger partial charge in [-0.25, -0.2) is 0 Å². The molecule has 1 aromatic heterocycles. The number of ketones is 1. The van der Waals surface area contributed by atoms with Crippen molar-refractivity contribution in [3.05, 3.63) is 42.1 Å². The Morgan fingerprint density at radius 2 is 2.20 bits per heavy atom. The summed E-state index contributed by atoms with van der Waals surface area (Å²) in [7, 11) is 0. The van der Waals surface area contributed by atoms with Crippen molar-refractivity contribution in [2.24, 2.45) is 0 Å². The van der Waals surface area contributed by atoms with Gasteiger partial charge in [-0.3, -0.25) is 9.78 Å². The van der Waals surface area contributed by atoms with Gasteiger partial charge >= 0.3 is 0 Å². The first-order valence-electron chi connectivity index (χ1n) is 7.00. The Labute approximate surface area is 118 Å². The van der Waals surface area contributed by atoms with Crippen molar-refractivity contribution in [3.63, 3.8) is 0 Å². The molecular formula is C16H18N2O2. The largest absolute Gasteiger partial charge is 0.375 e. The highest BCUT2D eigenvalue weighted by atomic mass is 16.5. The van der Waals surface area contributed by atoms with Crippen LogP contribution in [0.2, 0.25) is 0 Å². The average molecular weight is 270 g/mol. The summed E-state index contributed by atoms with van der Waals surface area (Å²) >= 11 is 0. The topological polar surface area (TPSA) is 51.2 Å². The van der Waals surface area contributed by atoms with E-state index in [1.807, 2.05) is 36.4 Å². The molecule has 1 aliphatic heterocycles. The number of benzene rings is 1. The summed E-state index contributed by atoms with van der Waals surface area (Å²) in [6, 6.07) is 11.9. The van der Waals surface area contributed by atoms with Crippen LogP contribution >= 0.6 is 0 Å². The molecule has 0 bridgehead atoms. The Hall–Kier alpha value is -1.78. The van der Waals surface area contributed by atoms with E-state index in [1.165, 1.54) is 0 Å². The number of aromatic nitrogens is 1. The number of fused-ring (bicyclic) bond motifs is 1. The Morgan fingerprint density at radius 3 is 3.05 bits per heavy atom. The molecule has 2 heterocycles. The first-order chi connectivity index (χ1) is 9.81. The Balaban J connectivity index is 1.64. The van der Waals surface area contributed by atoms with E-state index in [9.17, 15) is 4.79 Å². The van der Waals surface area contributed by atoms with E-state index in [2.05, 4.69) is 10.3 Å². The van der Waals surface area contributed by atoms with Crippen LogP contribution in [0.1, 0.15) is 12.1 Å². The van der Waals surface area contributed by atoms with Gasteiger partial charge in [-0.05, 0) is 12.1 Å². The number of hydrogen-bond acceptors (Lipinski definition) is 4. The highest BCUT2D eigenvalue weighted by Crippen LogP contribution is 2.13. The van der Waals surface area contributed by atoms with Crippen molar-refractivity contribution in [1.82, 2.24) is 10.3 Å². The number of morpholine rings is 1. The maximum atomic E-state index is 12.1. The number of Topliss-reactive ketones (excluding diaryl/α,β-unsaturated/α-hetero) is 1. The van der Waals surface area contributed by atoms with Crippen LogP contribution in [0.15, 0.2) is 36.4 Å². The number of carbonyl (C=O) groups excluding carboxylic acids is 1. The first kappa shape index (κ1) is 13.2. The SMILES string of the molecule is O=C(Cc1ccc2ccccc2n1)CC1CNCCO1. The number of para-hydroxylation sites is 1. The zero-order chi connectivity index (χ0) is 13.8. The lowest BCUT2D eigenvalue weighted by Crippen LogP contribution is -2.39. The minimum atomic E-state index is 0.0108. The van der Waals surface area contributed by atoms with Gasteiger partial charge in [-0.2, -0.15) is 0 Å². The second kappa shape index (κ2) is 6.11. The monoisotopic (exact) mass is 270 g/mol. The second-order valence-electron chi connectivity index (χ2n) is 5.11. The van der Waals surface area contributed by atoms with Crippen LogP contribution in [-0.4, -0.2) is 36.6 Å². The van der Waals surface area contributed by atoms with Gasteiger partial charge < -0.3 is 10.1 Å². The lowest BCUT2D eigenvalue weighted by molar-refractivity contribution is -0.121. The molecule has 1 saturated heterocycles. The van der Waals surface area contributed by atoms with E-state index in [4.69, 9.17) is 4.74 Å². The molecule has 1 atom stereocenters. The van der Waals surface area contributed by atoms with Gasteiger partial charge in [0.25, 0.3) is 0 Å². The number of rotatable bonds is 4. The number of pyridine rings is 1. The number of ether oxygens (including phenoxy) is 1. The molecule has 1 fully saturated rings. The fourth-order valence-corrected chi connectivity index (χ4v) is 2.49. The fourth-order valence-electron chi connectivity index (χ4n) is 2.49.